The first-order chi connectivity index (χ1) is 9.97. The van der Waals surface area contributed by atoms with Crippen LogP contribution in [-0.2, 0) is 9.63 Å². The molecule has 0 aliphatic rings. The number of fused-ring (bicyclic) bond motifs is 1. The lowest BCUT2D eigenvalue weighted by Crippen LogP contribution is -2.28. The van der Waals surface area contributed by atoms with Crippen molar-refractivity contribution in [3.8, 4) is 0 Å². The topological polar surface area (TPSA) is 29.5 Å². The van der Waals surface area contributed by atoms with Gasteiger partial charge in [0.1, 0.15) is 0 Å². The fourth-order valence-electron chi connectivity index (χ4n) is 1.67. The molecule has 0 saturated heterocycles. The molecule has 0 saturated carbocycles. The first-order valence-corrected chi connectivity index (χ1v) is 7.86. The summed E-state index contributed by atoms with van der Waals surface area (Å²) in [5.41, 5.74) is 0. The van der Waals surface area contributed by atoms with Crippen molar-refractivity contribution in [2.24, 2.45) is 5.92 Å². The number of carbonyl (C=O) groups is 1. The number of hydrogen-bond acceptors (Lipinski definition) is 4. The van der Waals surface area contributed by atoms with Crippen molar-refractivity contribution in [2.45, 2.75) is 18.7 Å². The molecule has 0 bridgehead atoms. The molecule has 0 heterocycles. The summed E-state index contributed by atoms with van der Waals surface area (Å²) in [6.07, 6.45) is 0. The maximum atomic E-state index is 11.6. The van der Waals surface area contributed by atoms with Crippen LogP contribution in [0.3, 0.4) is 0 Å². The zero-order valence-corrected chi connectivity index (χ0v) is 13.8. The normalized spacial score (nSPS) is 10.7. The van der Waals surface area contributed by atoms with Crippen molar-refractivity contribution in [2.75, 3.05) is 7.05 Å². The zero-order valence-electron chi connectivity index (χ0n) is 12.2. The van der Waals surface area contributed by atoms with Crippen molar-refractivity contribution in [3.05, 3.63) is 42.5 Å². The van der Waals surface area contributed by atoms with E-state index in [9.17, 15) is 4.79 Å². The van der Waals surface area contributed by atoms with Crippen molar-refractivity contribution in [3.63, 3.8) is 0 Å². The minimum atomic E-state index is -0.293. The molecule has 5 heteroatoms. The molecule has 0 spiro atoms. The van der Waals surface area contributed by atoms with E-state index < -0.39 is 0 Å². The number of carbonyl (C=O) groups excluding carboxylic acids is 1. The molecule has 0 N–H and O–H groups in total. The molecule has 2 aromatic rings. The third-order valence-electron chi connectivity index (χ3n) is 2.88. The fraction of sp³-hybridized carbons (Fsp3) is 0.250. The summed E-state index contributed by atoms with van der Waals surface area (Å²) in [7, 11) is 1.65. The number of thioether (sulfide) groups is 1. The molecule has 0 atom stereocenters. The van der Waals surface area contributed by atoms with Gasteiger partial charge in [0.25, 0.3) is 0 Å². The minimum absolute atomic E-state index is 0.180. The van der Waals surface area contributed by atoms with Crippen LogP contribution in [0.1, 0.15) is 13.8 Å². The molecule has 2 aromatic carbocycles. The number of thiocarbonyl (C=S) groups is 1. The van der Waals surface area contributed by atoms with Crippen LogP contribution in [0, 0.1) is 5.92 Å². The lowest BCUT2D eigenvalue weighted by Gasteiger charge is -2.19. The second-order valence-corrected chi connectivity index (χ2v) is 6.65. The molecule has 21 heavy (non-hydrogen) atoms. The van der Waals surface area contributed by atoms with E-state index in [0.29, 0.717) is 4.32 Å². The van der Waals surface area contributed by atoms with Crippen LogP contribution in [0.2, 0.25) is 0 Å². The van der Waals surface area contributed by atoms with Gasteiger partial charge in [-0.1, -0.05) is 55.9 Å². The third-order valence-corrected chi connectivity index (χ3v) is 4.31. The Morgan fingerprint density at radius 2 is 1.86 bits per heavy atom. The molecule has 0 fully saturated rings. The Bertz CT molecular complexity index is 670. The second-order valence-electron chi connectivity index (χ2n) is 4.94. The summed E-state index contributed by atoms with van der Waals surface area (Å²) in [6, 6.07) is 14.3. The maximum absolute atomic E-state index is 11.6. The SMILES string of the molecule is CC(C)C(=O)ON(C)C(=S)Sc1ccc2ccccc2c1. The quantitative estimate of drug-likeness (QED) is 0.469. The summed E-state index contributed by atoms with van der Waals surface area (Å²) in [5, 5.41) is 3.69. The van der Waals surface area contributed by atoms with Gasteiger partial charge in [-0.15, -0.1) is 0 Å². The molecule has 3 nitrogen and oxygen atoms in total. The predicted octanol–water partition coefficient (Wildman–Crippen LogP) is 4.26. The van der Waals surface area contributed by atoms with Crippen LogP contribution >= 0.6 is 24.0 Å². The molecule has 0 amide bonds. The molecule has 2 rings (SSSR count). The van der Waals surface area contributed by atoms with E-state index in [-0.39, 0.29) is 11.9 Å². The first kappa shape index (κ1) is 15.8. The Hall–Kier alpha value is -1.59. The number of nitrogens with zero attached hydrogens (tertiary/aromatic N) is 1. The molecule has 0 aliphatic carbocycles. The van der Waals surface area contributed by atoms with Crippen LogP contribution < -0.4 is 0 Å². The smallest absolute Gasteiger partial charge is 0.334 e. The van der Waals surface area contributed by atoms with Crippen molar-refractivity contribution in [1.82, 2.24) is 5.06 Å². The molecule has 0 aliphatic heterocycles. The van der Waals surface area contributed by atoms with E-state index in [1.54, 1.807) is 20.9 Å². The van der Waals surface area contributed by atoms with E-state index in [2.05, 4.69) is 24.3 Å². The number of hydroxylamine groups is 2. The van der Waals surface area contributed by atoms with Crippen molar-refractivity contribution >= 4 is 45.0 Å². The van der Waals surface area contributed by atoms with Crippen molar-refractivity contribution in [1.29, 1.82) is 0 Å². The third kappa shape index (κ3) is 4.19. The average molecular weight is 319 g/mol. The van der Waals surface area contributed by atoms with Crippen LogP contribution in [0.25, 0.3) is 10.8 Å². The van der Waals surface area contributed by atoms with Gasteiger partial charge in [0.2, 0.25) is 0 Å². The van der Waals surface area contributed by atoms with Crippen molar-refractivity contribution < 1.29 is 9.63 Å². The average Bonchev–Trinajstić information content (AvgIpc) is 2.46. The van der Waals surface area contributed by atoms with Gasteiger partial charge < -0.3 is 4.84 Å². The molecular weight excluding hydrogens is 302 g/mol. The standard InChI is InChI=1S/C16H17NO2S2/c1-11(2)15(18)19-17(3)16(20)21-14-9-8-12-6-4-5-7-13(12)10-14/h4-11H,1-3H3. The highest BCUT2D eigenvalue weighted by Gasteiger charge is 2.15. The van der Waals surface area contributed by atoms with Crippen LogP contribution in [-0.4, -0.2) is 22.4 Å². The molecule has 110 valence electrons. The summed E-state index contributed by atoms with van der Waals surface area (Å²) >= 11 is 6.70. The van der Waals surface area contributed by atoms with Crippen LogP contribution in [0.5, 0.6) is 0 Å². The lowest BCUT2D eigenvalue weighted by atomic mass is 10.1. The van der Waals surface area contributed by atoms with Gasteiger partial charge >= 0.3 is 5.97 Å². The van der Waals surface area contributed by atoms with Gasteiger partial charge in [-0.3, -0.25) is 0 Å². The van der Waals surface area contributed by atoms with Crippen LogP contribution in [0.4, 0.5) is 0 Å². The van der Waals surface area contributed by atoms with E-state index in [1.165, 1.54) is 22.2 Å². The van der Waals surface area contributed by atoms with Crippen LogP contribution in [0.15, 0.2) is 47.4 Å². The Labute approximate surface area is 134 Å². The van der Waals surface area contributed by atoms with Gasteiger partial charge in [-0.2, -0.15) is 5.06 Å². The number of benzene rings is 2. The number of rotatable bonds is 2. The van der Waals surface area contributed by atoms with Gasteiger partial charge in [0.05, 0.1) is 5.92 Å². The Balaban J connectivity index is 2.05. The maximum Gasteiger partial charge on any atom is 0.334 e. The molecular formula is C16H17NO2S2. The summed E-state index contributed by atoms with van der Waals surface area (Å²) in [4.78, 5) is 17.7. The van der Waals surface area contributed by atoms with Gasteiger partial charge in [-0.25, -0.2) is 4.79 Å². The van der Waals surface area contributed by atoms with Gasteiger partial charge in [0.15, 0.2) is 4.32 Å². The monoisotopic (exact) mass is 319 g/mol. The fourth-order valence-corrected chi connectivity index (χ4v) is 2.69. The van der Waals surface area contributed by atoms with E-state index >= 15 is 0 Å². The zero-order chi connectivity index (χ0) is 15.4. The lowest BCUT2D eigenvalue weighted by molar-refractivity contribution is -0.171. The molecule has 0 radical (unpaired) electrons. The highest BCUT2D eigenvalue weighted by molar-refractivity contribution is 8.22. The van der Waals surface area contributed by atoms with E-state index in [4.69, 9.17) is 17.1 Å². The van der Waals surface area contributed by atoms with E-state index in [0.717, 1.165) is 10.3 Å². The van der Waals surface area contributed by atoms with Gasteiger partial charge in [-0.05, 0) is 35.1 Å². The van der Waals surface area contributed by atoms with E-state index in [1.807, 2.05) is 18.2 Å². The molecule has 0 aromatic heterocycles. The highest BCUT2D eigenvalue weighted by atomic mass is 32.2. The predicted molar refractivity (Wildman–Crippen MR) is 91.1 cm³/mol. The Kier molecular flexibility index (Phi) is 5.20. The molecule has 0 unspecified atom stereocenters. The Morgan fingerprint density at radius 1 is 1.19 bits per heavy atom. The minimum Gasteiger partial charge on any atom is -0.340 e. The second kappa shape index (κ2) is 6.91. The largest absolute Gasteiger partial charge is 0.340 e. The number of hydrogen-bond donors (Lipinski definition) is 0. The Morgan fingerprint density at radius 3 is 2.52 bits per heavy atom. The summed E-state index contributed by atoms with van der Waals surface area (Å²) < 4.78 is 0.499. The van der Waals surface area contributed by atoms with Gasteiger partial charge in [0, 0.05) is 11.9 Å². The summed E-state index contributed by atoms with van der Waals surface area (Å²) in [5.74, 6) is -0.472. The summed E-state index contributed by atoms with van der Waals surface area (Å²) in [6.45, 7) is 3.57. The highest BCUT2D eigenvalue weighted by Crippen LogP contribution is 2.25. The first-order valence-electron chi connectivity index (χ1n) is 6.63.